The number of hydrogen-bond acceptors (Lipinski definition) is 6. The number of nitrogens with two attached hydrogens (primary N) is 1. The Morgan fingerprint density at radius 1 is 1.24 bits per heavy atom. The molecule has 0 saturated carbocycles. The third-order valence-electron chi connectivity index (χ3n) is 4.13. The summed E-state index contributed by atoms with van der Waals surface area (Å²) in [7, 11) is 2.18. The molecule has 0 radical (unpaired) electrons. The van der Waals surface area contributed by atoms with Crippen LogP contribution in [0.5, 0.6) is 0 Å². The number of fused-ring (bicyclic) bond motifs is 1. The molecule has 6 nitrogen and oxygen atoms in total. The average molecular weight is 286 g/mol. The summed E-state index contributed by atoms with van der Waals surface area (Å²) in [5.41, 5.74) is 3.43. The van der Waals surface area contributed by atoms with E-state index >= 15 is 0 Å². The van der Waals surface area contributed by atoms with E-state index in [9.17, 15) is 0 Å². The van der Waals surface area contributed by atoms with Crippen LogP contribution >= 0.6 is 0 Å². The van der Waals surface area contributed by atoms with Gasteiger partial charge in [0.15, 0.2) is 0 Å². The Labute approximate surface area is 124 Å². The number of aromatic nitrogens is 2. The molecule has 0 amide bonds. The standard InChI is InChI=1S/C15H22N6/c1-21-8-6-11(7-9-21)10-17-14-12-4-2-3-5-13(12)18-15(19-14)20-16/h2-5,11H,6-10,16H2,1H3,(H2,17,18,19,20). The lowest BCUT2D eigenvalue weighted by Crippen LogP contribution is -2.33. The molecular weight excluding hydrogens is 264 g/mol. The minimum absolute atomic E-state index is 0.444. The fraction of sp³-hybridized carbons (Fsp3) is 0.467. The highest BCUT2D eigenvalue weighted by Gasteiger charge is 2.17. The van der Waals surface area contributed by atoms with Crippen LogP contribution < -0.4 is 16.6 Å². The van der Waals surface area contributed by atoms with Gasteiger partial charge in [-0.3, -0.25) is 5.43 Å². The van der Waals surface area contributed by atoms with Crippen molar-refractivity contribution in [3.05, 3.63) is 24.3 Å². The molecule has 1 aliphatic heterocycles. The van der Waals surface area contributed by atoms with Crippen LogP contribution in [0.4, 0.5) is 11.8 Å². The number of anilines is 2. The van der Waals surface area contributed by atoms with Gasteiger partial charge in [0, 0.05) is 11.9 Å². The summed E-state index contributed by atoms with van der Waals surface area (Å²) in [6, 6.07) is 7.98. The van der Waals surface area contributed by atoms with Crippen molar-refractivity contribution in [2.75, 3.05) is 37.4 Å². The lowest BCUT2D eigenvalue weighted by atomic mass is 9.97. The molecule has 6 heteroatoms. The first-order valence-electron chi connectivity index (χ1n) is 7.42. The number of rotatable bonds is 4. The quantitative estimate of drug-likeness (QED) is 0.586. The molecular formula is C15H22N6. The number of hydrogen-bond donors (Lipinski definition) is 3. The fourth-order valence-corrected chi connectivity index (χ4v) is 2.78. The Morgan fingerprint density at radius 3 is 2.76 bits per heavy atom. The van der Waals surface area contributed by atoms with Gasteiger partial charge in [0.1, 0.15) is 5.82 Å². The van der Waals surface area contributed by atoms with Gasteiger partial charge in [-0.25, -0.2) is 10.8 Å². The zero-order valence-electron chi connectivity index (χ0n) is 12.3. The normalized spacial score (nSPS) is 17.0. The zero-order valence-corrected chi connectivity index (χ0v) is 12.3. The van der Waals surface area contributed by atoms with E-state index < -0.39 is 0 Å². The largest absolute Gasteiger partial charge is 0.369 e. The monoisotopic (exact) mass is 286 g/mol. The highest BCUT2D eigenvalue weighted by atomic mass is 15.3. The number of para-hydroxylation sites is 1. The van der Waals surface area contributed by atoms with E-state index in [-0.39, 0.29) is 0 Å². The lowest BCUT2D eigenvalue weighted by molar-refractivity contribution is 0.226. The first-order chi connectivity index (χ1) is 10.3. The van der Waals surface area contributed by atoms with Crippen molar-refractivity contribution >= 4 is 22.7 Å². The van der Waals surface area contributed by atoms with E-state index in [1.807, 2.05) is 24.3 Å². The molecule has 1 saturated heterocycles. The first-order valence-corrected chi connectivity index (χ1v) is 7.42. The highest BCUT2D eigenvalue weighted by Crippen LogP contribution is 2.23. The lowest BCUT2D eigenvalue weighted by Gasteiger charge is -2.29. The van der Waals surface area contributed by atoms with Gasteiger partial charge in [0.2, 0.25) is 5.95 Å². The number of nitrogens with one attached hydrogen (secondary N) is 2. The third kappa shape index (κ3) is 3.22. The van der Waals surface area contributed by atoms with Gasteiger partial charge in [0.05, 0.1) is 5.52 Å². The predicted molar refractivity (Wildman–Crippen MR) is 86.1 cm³/mol. The summed E-state index contributed by atoms with van der Waals surface area (Å²) in [6.07, 6.45) is 2.46. The van der Waals surface area contributed by atoms with Crippen LogP contribution in [0, 0.1) is 5.92 Å². The highest BCUT2D eigenvalue weighted by molar-refractivity contribution is 5.89. The van der Waals surface area contributed by atoms with E-state index in [1.165, 1.54) is 25.9 Å². The molecule has 3 rings (SSSR count). The molecule has 0 unspecified atom stereocenters. The Hall–Kier alpha value is -1.92. The molecule has 0 atom stereocenters. The van der Waals surface area contributed by atoms with Gasteiger partial charge in [-0.2, -0.15) is 4.98 Å². The van der Waals surface area contributed by atoms with Crippen molar-refractivity contribution in [3.63, 3.8) is 0 Å². The molecule has 1 fully saturated rings. The van der Waals surface area contributed by atoms with Crippen LogP contribution in [0.25, 0.3) is 10.9 Å². The number of nitrogen functional groups attached to an aromatic ring is 1. The Kier molecular flexibility index (Phi) is 4.17. The number of nitrogens with zero attached hydrogens (tertiary/aromatic N) is 3. The topological polar surface area (TPSA) is 79.1 Å². The second kappa shape index (κ2) is 6.24. The molecule has 112 valence electrons. The first kappa shape index (κ1) is 14.0. The molecule has 1 aliphatic rings. The maximum Gasteiger partial charge on any atom is 0.239 e. The van der Waals surface area contributed by atoms with E-state index in [0.717, 1.165) is 23.3 Å². The van der Waals surface area contributed by atoms with Crippen molar-refractivity contribution in [3.8, 4) is 0 Å². The maximum atomic E-state index is 5.46. The van der Waals surface area contributed by atoms with Gasteiger partial charge < -0.3 is 10.2 Å². The predicted octanol–water partition coefficient (Wildman–Crippen LogP) is 1.67. The molecule has 0 aliphatic carbocycles. The Morgan fingerprint density at radius 2 is 2.00 bits per heavy atom. The SMILES string of the molecule is CN1CCC(CNc2nc(NN)nc3ccccc23)CC1. The van der Waals surface area contributed by atoms with Crippen LogP contribution in [0.15, 0.2) is 24.3 Å². The van der Waals surface area contributed by atoms with Crippen LogP contribution in [-0.4, -0.2) is 41.5 Å². The van der Waals surface area contributed by atoms with E-state index in [0.29, 0.717) is 11.9 Å². The molecule has 2 aromatic rings. The molecule has 1 aromatic heterocycles. The van der Waals surface area contributed by atoms with Gasteiger partial charge in [-0.1, -0.05) is 12.1 Å². The Bertz CT molecular complexity index is 606. The van der Waals surface area contributed by atoms with Gasteiger partial charge in [-0.15, -0.1) is 0 Å². The smallest absolute Gasteiger partial charge is 0.239 e. The summed E-state index contributed by atoms with van der Waals surface area (Å²) >= 11 is 0. The number of hydrazine groups is 1. The van der Waals surface area contributed by atoms with Crippen LogP contribution in [0.3, 0.4) is 0 Å². The van der Waals surface area contributed by atoms with Gasteiger partial charge >= 0.3 is 0 Å². The molecule has 0 spiro atoms. The maximum absolute atomic E-state index is 5.46. The molecule has 2 heterocycles. The minimum Gasteiger partial charge on any atom is -0.369 e. The second-order valence-electron chi connectivity index (χ2n) is 5.68. The summed E-state index contributed by atoms with van der Waals surface area (Å²) < 4.78 is 0. The van der Waals surface area contributed by atoms with Crippen LogP contribution in [0.1, 0.15) is 12.8 Å². The number of likely N-dealkylation sites (tertiary alicyclic amines) is 1. The number of piperidine rings is 1. The molecule has 4 N–H and O–H groups in total. The fourth-order valence-electron chi connectivity index (χ4n) is 2.78. The molecule has 21 heavy (non-hydrogen) atoms. The Balaban J connectivity index is 1.76. The molecule has 0 bridgehead atoms. The van der Waals surface area contributed by atoms with Crippen molar-refractivity contribution in [1.82, 2.24) is 14.9 Å². The summed E-state index contributed by atoms with van der Waals surface area (Å²) in [4.78, 5) is 11.2. The number of benzene rings is 1. The zero-order chi connectivity index (χ0) is 14.7. The van der Waals surface area contributed by atoms with Gasteiger partial charge in [-0.05, 0) is 51.0 Å². The van der Waals surface area contributed by atoms with E-state index in [2.05, 4.69) is 32.7 Å². The molecule has 1 aromatic carbocycles. The van der Waals surface area contributed by atoms with Crippen LogP contribution in [0.2, 0.25) is 0 Å². The van der Waals surface area contributed by atoms with Crippen molar-refractivity contribution in [2.45, 2.75) is 12.8 Å². The van der Waals surface area contributed by atoms with E-state index in [4.69, 9.17) is 5.84 Å². The van der Waals surface area contributed by atoms with E-state index in [1.54, 1.807) is 0 Å². The minimum atomic E-state index is 0.444. The second-order valence-corrected chi connectivity index (χ2v) is 5.68. The summed E-state index contributed by atoms with van der Waals surface area (Å²) in [5.74, 6) is 7.45. The summed E-state index contributed by atoms with van der Waals surface area (Å²) in [5, 5.41) is 4.51. The van der Waals surface area contributed by atoms with Crippen molar-refractivity contribution < 1.29 is 0 Å². The third-order valence-corrected chi connectivity index (χ3v) is 4.13. The van der Waals surface area contributed by atoms with Crippen LogP contribution in [-0.2, 0) is 0 Å². The average Bonchev–Trinajstić information content (AvgIpc) is 2.53. The summed E-state index contributed by atoms with van der Waals surface area (Å²) in [6.45, 7) is 3.29. The van der Waals surface area contributed by atoms with Crippen molar-refractivity contribution in [2.24, 2.45) is 11.8 Å². The van der Waals surface area contributed by atoms with Gasteiger partial charge in [0.25, 0.3) is 0 Å². The van der Waals surface area contributed by atoms with Crippen molar-refractivity contribution in [1.29, 1.82) is 0 Å².